The zero-order chi connectivity index (χ0) is 11.4. The summed E-state index contributed by atoms with van der Waals surface area (Å²) in [5, 5.41) is 9.56. The van der Waals surface area contributed by atoms with E-state index in [1.54, 1.807) is 0 Å². The predicted molar refractivity (Wildman–Crippen MR) is 55.1 cm³/mol. The molecule has 0 aliphatic heterocycles. The number of anilines is 1. The highest BCUT2D eigenvalue weighted by atomic mass is 16.6. The third-order valence-corrected chi connectivity index (χ3v) is 2.59. The van der Waals surface area contributed by atoms with Crippen molar-refractivity contribution in [3.63, 3.8) is 0 Å². The summed E-state index contributed by atoms with van der Waals surface area (Å²) < 4.78 is 4.35. The highest BCUT2D eigenvalue weighted by Gasteiger charge is 2.19. The van der Waals surface area contributed by atoms with Gasteiger partial charge in [-0.15, -0.1) is 0 Å². The molecule has 1 rings (SSSR count). The van der Waals surface area contributed by atoms with E-state index in [1.165, 1.54) is 0 Å². The standard InChI is InChI=1S/C9H16N4O2/c1-4-5(2)6(3)11-9(14)7-8(10)13-15-12-7/h5-6H,4H2,1-3H3,(H2,10,13)(H,11,14). The van der Waals surface area contributed by atoms with Crippen molar-refractivity contribution >= 4 is 11.7 Å². The number of carbonyl (C=O) groups excluding carboxylic acids is 1. The van der Waals surface area contributed by atoms with Gasteiger partial charge < -0.3 is 11.1 Å². The van der Waals surface area contributed by atoms with Gasteiger partial charge in [0.2, 0.25) is 11.5 Å². The Hall–Kier alpha value is -1.59. The average Bonchev–Trinajstić information content (AvgIpc) is 2.63. The predicted octanol–water partition coefficient (Wildman–Crippen LogP) is 0.816. The molecule has 0 fully saturated rings. The molecule has 1 heterocycles. The molecule has 0 aromatic carbocycles. The average molecular weight is 212 g/mol. The van der Waals surface area contributed by atoms with Crippen molar-refractivity contribution in [3.8, 4) is 0 Å². The fourth-order valence-electron chi connectivity index (χ4n) is 1.12. The first kappa shape index (κ1) is 11.5. The summed E-state index contributed by atoms with van der Waals surface area (Å²) in [7, 11) is 0. The molecular formula is C9H16N4O2. The molecule has 0 saturated carbocycles. The molecule has 3 N–H and O–H groups in total. The van der Waals surface area contributed by atoms with Gasteiger partial charge in [-0.2, -0.15) is 0 Å². The van der Waals surface area contributed by atoms with Gasteiger partial charge in [0.1, 0.15) is 0 Å². The van der Waals surface area contributed by atoms with Crippen LogP contribution in [0.3, 0.4) is 0 Å². The van der Waals surface area contributed by atoms with Gasteiger partial charge in [0.25, 0.3) is 5.91 Å². The van der Waals surface area contributed by atoms with Crippen LogP contribution < -0.4 is 11.1 Å². The lowest BCUT2D eigenvalue weighted by Crippen LogP contribution is -2.37. The Labute approximate surface area is 88.2 Å². The fraction of sp³-hybridized carbons (Fsp3) is 0.667. The Balaban J connectivity index is 2.60. The lowest BCUT2D eigenvalue weighted by Gasteiger charge is -2.18. The summed E-state index contributed by atoms with van der Waals surface area (Å²) in [6.45, 7) is 6.07. The van der Waals surface area contributed by atoms with Crippen LogP contribution in [0.1, 0.15) is 37.7 Å². The smallest absolute Gasteiger partial charge is 0.277 e. The number of nitrogens with two attached hydrogens (primary N) is 1. The molecule has 0 radical (unpaired) electrons. The summed E-state index contributed by atoms with van der Waals surface area (Å²) in [6, 6.07) is 0.0681. The van der Waals surface area contributed by atoms with Gasteiger partial charge >= 0.3 is 0 Å². The third kappa shape index (κ3) is 2.68. The van der Waals surface area contributed by atoms with Gasteiger partial charge in [0.15, 0.2) is 0 Å². The molecule has 0 aliphatic rings. The van der Waals surface area contributed by atoms with Crippen molar-refractivity contribution in [1.29, 1.82) is 0 Å². The number of nitrogens with one attached hydrogen (secondary N) is 1. The molecule has 0 spiro atoms. The van der Waals surface area contributed by atoms with E-state index in [2.05, 4.69) is 34.1 Å². The van der Waals surface area contributed by atoms with E-state index < -0.39 is 0 Å². The summed E-state index contributed by atoms with van der Waals surface area (Å²) in [4.78, 5) is 11.6. The molecule has 0 bridgehead atoms. The molecule has 0 aliphatic carbocycles. The maximum absolute atomic E-state index is 11.6. The topological polar surface area (TPSA) is 94.0 Å². The zero-order valence-corrected chi connectivity index (χ0v) is 9.15. The van der Waals surface area contributed by atoms with Crippen LogP contribution in [0.5, 0.6) is 0 Å². The lowest BCUT2D eigenvalue weighted by atomic mass is 10.0. The van der Waals surface area contributed by atoms with Crippen LogP contribution in [0.25, 0.3) is 0 Å². The highest BCUT2D eigenvalue weighted by molar-refractivity contribution is 5.96. The molecular weight excluding hydrogens is 196 g/mol. The maximum Gasteiger partial charge on any atom is 0.277 e. The Bertz CT molecular complexity index is 337. The minimum Gasteiger partial charge on any atom is -0.379 e. The zero-order valence-electron chi connectivity index (χ0n) is 9.15. The highest BCUT2D eigenvalue weighted by Crippen LogP contribution is 2.09. The van der Waals surface area contributed by atoms with Crippen LogP contribution in [0, 0.1) is 5.92 Å². The Morgan fingerprint density at radius 2 is 2.20 bits per heavy atom. The van der Waals surface area contributed by atoms with E-state index in [9.17, 15) is 4.79 Å². The lowest BCUT2D eigenvalue weighted by molar-refractivity contribution is 0.0919. The first-order valence-corrected chi connectivity index (χ1v) is 4.95. The molecule has 2 unspecified atom stereocenters. The maximum atomic E-state index is 11.6. The van der Waals surface area contributed by atoms with Crippen molar-refractivity contribution in [3.05, 3.63) is 5.69 Å². The number of rotatable bonds is 4. The van der Waals surface area contributed by atoms with Crippen LogP contribution >= 0.6 is 0 Å². The molecule has 6 heteroatoms. The normalized spacial score (nSPS) is 14.6. The minimum absolute atomic E-state index is 0.0175. The van der Waals surface area contributed by atoms with Crippen molar-refractivity contribution < 1.29 is 9.42 Å². The summed E-state index contributed by atoms with van der Waals surface area (Å²) in [5.74, 6) is 0.0698. The molecule has 1 amide bonds. The number of aromatic nitrogens is 2. The first-order valence-electron chi connectivity index (χ1n) is 4.95. The van der Waals surface area contributed by atoms with Crippen LogP contribution in [0.4, 0.5) is 5.82 Å². The SMILES string of the molecule is CCC(C)C(C)NC(=O)c1nonc1N. The second-order valence-electron chi connectivity index (χ2n) is 3.65. The third-order valence-electron chi connectivity index (χ3n) is 2.59. The minimum atomic E-state index is -0.346. The number of hydrogen-bond acceptors (Lipinski definition) is 5. The second kappa shape index (κ2) is 4.77. The van der Waals surface area contributed by atoms with E-state index in [0.29, 0.717) is 5.92 Å². The molecule has 2 atom stereocenters. The Kier molecular flexibility index (Phi) is 3.65. The summed E-state index contributed by atoms with van der Waals surface area (Å²) in [5.41, 5.74) is 5.44. The van der Waals surface area contributed by atoms with Crippen molar-refractivity contribution in [2.24, 2.45) is 5.92 Å². The van der Waals surface area contributed by atoms with E-state index >= 15 is 0 Å². The molecule has 1 aromatic rings. The number of nitrogen functional groups attached to an aromatic ring is 1. The van der Waals surface area contributed by atoms with Gasteiger partial charge in [-0.25, -0.2) is 4.63 Å². The Morgan fingerprint density at radius 1 is 1.53 bits per heavy atom. The van der Waals surface area contributed by atoms with Crippen molar-refractivity contribution in [1.82, 2.24) is 15.6 Å². The van der Waals surface area contributed by atoms with Crippen LogP contribution in [0.2, 0.25) is 0 Å². The second-order valence-corrected chi connectivity index (χ2v) is 3.65. The van der Waals surface area contributed by atoms with E-state index in [-0.39, 0.29) is 23.5 Å². The van der Waals surface area contributed by atoms with Gasteiger partial charge in [0, 0.05) is 6.04 Å². The Morgan fingerprint density at radius 3 is 2.67 bits per heavy atom. The van der Waals surface area contributed by atoms with Gasteiger partial charge in [-0.1, -0.05) is 20.3 Å². The van der Waals surface area contributed by atoms with Crippen molar-refractivity contribution in [2.75, 3.05) is 5.73 Å². The fourth-order valence-corrected chi connectivity index (χ4v) is 1.12. The number of amides is 1. The van der Waals surface area contributed by atoms with E-state index in [0.717, 1.165) is 6.42 Å². The van der Waals surface area contributed by atoms with E-state index in [4.69, 9.17) is 5.73 Å². The van der Waals surface area contributed by atoms with Crippen LogP contribution in [0.15, 0.2) is 4.63 Å². The largest absolute Gasteiger partial charge is 0.379 e. The number of nitrogens with zero attached hydrogens (tertiary/aromatic N) is 2. The summed E-state index contributed by atoms with van der Waals surface area (Å²) in [6.07, 6.45) is 0.994. The van der Waals surface area contributed by atoms with Gasteiger partial charge in [-0.05, 0) is 23.2 Å². The first-order chi connectivity index (χ1) is 7.06. The number of hydrogen-bond donors (Lipinski definition) is 2. The summed E-state index contributed by atoms with van der Waals surface area (Å²) >= 11 is 0. The molecule has 1 aromatic heterocycles. The van der Waals surface area contributed by atoms with Gasteiger partial charge in [0.05, 0.1) is 0 Å². The molecule has 84 valence electrons. The quantitative estimate of drug-likeness (QED) is 0.770. The van der Waals surface area contributed by atoms with Crippen molar-refractivity contribution in [2.45, 2.75) is 33.2 Å². The monoisotopic (exact) mass is 212 g/mol. The molecule has 6 nitrogen and oxygen atoms in total. The van der Waals surface area contributed by atoms with E-state index in [1.807, 2.05) is 6.92 Å². The molecule has 15 heavy (non-hydrogen) atoms. The number of carbonyl (C=O) groups is 1. The van der Waals surface area contributed by atoms with Gasteiger partial charge in [-0.3, -0.25) is 4.79 Å². The van der Waals surface area contributed by atoms with Crippen LogP contribution in [-0.4, -0.2) is 22.3 Å². The van der Waals surface area contributed by atoms with Crippen LogP contribution in [-0.2, 0) is 0 Å². The molecule has 0 saturated heterocycles.